The van der Waals surface area contributed by atoms with Gasteiger partial charge in [-0.15, -0.1) is 0 Å². The van der Waals surface area contributed by atoms with Crippen molar-refractivity contribution in [3.05, 3.63) is 80.8 Å². The molecule has 0 aliphatic carbocycles. The first kappa shape index (κ1) is 26.4. The Kier molecular flexibility index (Phi) is 6.89. The number of pyridine rings is 1. The van der Waals surface area contributed by atoms with Crippen LogP contribution in [0, 0.1) is 23.3 Å². The first-order valence-electron chi connectivity index (χ1n) is 12.3. The first-order chi connectivity index (χ1) is 18.5. The lowest BCUT2D eigenvalue weighted by molar-refractivity contribution is 0.0768. The van der Waals surface area contributed by atoms with Crippen molar-refractivity contribution in [3.63, 3.8) is 0 Å². The summed E-state index contributed by atoms with van der Waals surface area (Å²) in [5.41, 5.74) is 1.73. The number of likely N-dealkylation sites (N-methyl/N-ethyl adjacent to an activating group) is 1. The van der Waals surface area contributed by atoms with Crippen LogP contribution in [0.5, 0.6) is 0 Å². The van der Waals surface area contributed by atoms with Crippen LogP contribution in [0.15, 0.2) is 35.3 Å². The van der Waals surface area contributed by atoms with E-state index in [1.807, 2.05) is 25.1 Å². The topological polar surface area (TPSA) is 97.1 Å². The van der Waals surface area contributed by atoms with Crippen LogP contribution in [-0.4, -0.2) is 63.9 Å². The van der Waals surface area contributed by atoms with Crippen LogP contribution in [0.2, 0.25) is 0 Å². The van der Waals surface area contributed by atoms with Gasteiger partial charge < -0.3 is 25.1 Å². The monoisotopic (exact) mass is 542 g/mol. The Morgan fingerprint density at radius 2 is 1.82 bits per heavy atom. The number of benzene rings is 2. The highest BCUT2D eigenvalue weighted by atomic mass is 19.2. The lowest BCUT2D eigenvalue weighted by Crippen LogP contribution is -2.31. The number of nitrogens with zero attached hydrogens (tertiary/aromatic N) is 3. The molecule has 4 aromatic rings. The molecule has 0 saturated carbocycles. The average Bonchev–Trinajstić information content (AvgIpc) is 3.42. The number of rotatable bonds is 8. The molecule has 0 saturated heterocycles. The van der Waals surface area contributed by atoms with Crippen molar-refractivity contribution >= 4 is 22.6 Å². The molecule has 1 atom stereocenters. The number of aromatic nitrogens is 3. The summed E-state index contributed by atoms with van der Waals surface area (Å²) in [6.07, 6.45) is 1.000. The number of fused-ring (bicyclic) bond motifs is 2. The summed E-state index contributed by atoms with van der Waals surface area (Å²) in [5, 5.41) is 2.99. The minimum atomic E-state index is -1.48. The van der Waals surface area contributed by atoms with E-state index in [4.69, 9.17) is 0 Å². The maximum Gasteiger partial charge on any atom is 0.261 e. The zero-order chi connectivity index (χ0) is 28.0. The van der Waals surface area contributed by atoms with E-state index in [-0.39, 0.29) is 23.4 Å². The van der Waals surface area contributed by atoms with E-state index in [1.165, 1.54) is 6.20 Å². The summed E-state index contributed by atoms with van der Waals surface area (Å²) >= 11 is 0. The van der Waals surface area contributed by atoms with Gasteiger partial charge >= 0.3 is 0 Å². The Hall–Kier alpha value is -4.19. The van der Waals surface area contributed by atoms with Gasteiger partial charge in [0.15, 0.2) is 23.3 Å². The van der Waals surface area contributed by atoms with Crippen molar-refractivity contribution in [2.24, 2.45) is 0 Å². The van der Waals surface area contributed by atoms with Crippen molar-refractivity contribution in [1.29, 1.82) is 0 Å². The van der Waals surface area contributed by atoms with E-state index in [0.29, 0.717) is 35.4 Å². The predicted octanol–water partition coefficient (Wildman–Crippen LogP) is 4.04. The normalized spacial score (nSPS) is 13.9. The third kappa shape index (κ3) is 4.99. The van der Waals surface area contributed by atoms with Gasteiger partial charge in [-0.05, 0) is 51.2 Å². The Morgan fingerprint density at radius 3 is 2.51 bits per heavy atom. The second kappa shape index (κ2) is 10.2. The van der Waals surface area contributed by atoms with E-state index >= 15 is 0 Å². The van der Waals surface area contributed by atoms with Crippen LogP contribution in [0.3, 0.4) is 0 Å². The highest BCUT2D eigenvalue weighted by molar-refractivity contribution is 6.02. The second-order valence-corrected chi connectivity index (χ2v) is 9.93. The third-order valence-electron chi connectivity index (χ3n) is 6.72. The molecule has 0 radical (unpaired) electrons. The number of hydrogen-bond donors (Lipinski definition) is 3. The summed E-state index contributed by atoms with van der Waals surface area (Å²) in [6, 6.07) is 4.51. The smallest absolute Gasteiger partial charge is 0.261 e. The number of nitrogens with one attached hydrogen (secondary N) is 3. The van der Waals surface area contributed by atoms with Crippen molar-refractivity contribution in [3.8, 4) is 11.4 Å². The number of carbonyl (C=O) groups excluding carboxylic acids is 1. The predicted molar refractivity (Wildman–Crippen MR) is 139 cm³/mol. The van der Waals surface area contributed by atoms with Crippen LogP contribution < -0.4 is 10.9 Å². The van der Waals surface area contributed by atoms with Crippen molar-refractivity contribution in [2.45, 2.75) is 25.9 Å². The summed E-state index contributed by atoms with van der Waals surface area (Å²) in [4.78, 5) is 39.8. The largest absolute Gasteiger partial charge is 0.381 e. The Morgan fingerprint density at radius 1 is 1.10 bits per heavy atom. The van der Waals surface area contributed by atoms with Crippen LogP contribution in [0.25, 0.3) is 22.4 Å². The van der Waals surface area contributed by atoms with Gasteiger partial charge in [-0.25, -0.2) is 22.5 Å². The van der Waals surface area contributed by atoms with Crippen LogP contribution in [-0.2, 0) is 13.0 Å². The molecule has 2 aromatic carbocycles. The summed E-state index contributed by atoms with van der Waals surface area (Å²) < 4.78 is 55.7. The van der Waals surface area contributed by atoms with Gasteiger partial charge in [0, 0.05) is 49.1 Å². The number of aromatic amines is 2. The summed E-state index contributed by atoms with van der Waals surface area (Å²) in [6.45, 7) is 3.36. The first-order valence-corrected chi connectivity index (χ1v) is 12.3. The maximum atomic E-state index is 14.2. The molecule has 5 rings (SSSR count). The van der Waals surface area contributed by atoms with E-state index in [1.54, 1.807) is 24.0 Å². The van der Waals surface area contributed by atoms with E-state index in [0.717, 1.165) is 12.1 Å². The lowest BCUT2D eigenvalue weighted by atomic mass is 10.0. The number of hydrogen-bond acceptors (Lipinski definition) is 5. The highest BCUT2D eigenvalue weighted by Crippen LogP contribution is 2.30. The van der Waals surface area contributed by atoms with Crippen molar-refractivity contribution in [1.82, 2.24) is 24.8 Å². The maximum absolute atomic E-state index is 14.2. The molecule has 0 fully saturated rings. The molecule has 2 aromatic heterocycles. The number of halogens is 4. The van der Waals surface area contributed by atoms with Crippen LogP contribution in [0.1, 0.15) is 28.4 Å². The van der Waals surface area contributed by atoms with Crippen LogP contribution in [0.4, 0.5) is 23.2 Å². The molecule has 12 heteroatoms. The van der Waals surface area contributed by atoms with Crippen molar-refractivity contribution < 1.29 is 22.4 Å². The molecule has 204 valence electrons. The number of amides is 1. The van der Waals surface area contributed by atoms with Gasteiger partial charge in [0.25, 0.3) is 11.5 Å². The second-order valence-electron chi connectivity index (χ2n) is 9.93. The molecule has 8 nitrogen and oxygen atoms in total. The number of carbonyl (C=O) groups is 1. The molecule has 39 heavy (non-hydrogen) atoms. The molecule has 1 aliphatic heterocycles. The summed E-state index contributed by atoms with van der Waals surface area (Å²) in [5.74, 6) is -5.76. The van der Waals surface area contributed by atoms with Crippen LogP contribution >= 0.6 is 0 Å². The molecule has 0 unspecified atom stereocenters. The fourth-order valence-corrected chi connectivity index (χ4v) is 4.76. The van der Waals surface area contributed by atoms with Crippen molar-refractivity contribution in [2.75, 3.05) is 32.5 Å². The lowest BCUT2D eigenvalue weighted by Gasteiger charge is -2.18. The third-order valence-corrected chi connectivity index (χ3v) is 6.72. The highest BCUT2D eigenvalue weighted by Gasteiger charge is 2.29. The molecule has 1 amide bonds. The number of anilines is 1. The SMILES string of the molecule is C[C@H](Cc1c(F)c(F)cc(F)c1F)Nc1cc[nH]c(=O)c1-c1nc2cc3c(cc2[nH]1)CN(CCN(C)C)C3=O. The Bertz CT molecular complexity index is 1620. The number of H-pyrrole nitrogens is 2. The minimum absolute atomic E-state index is 0.0831. The molecular weight excluding hydrogens is 516 g/mol. The fourth-order valence-electron chi connectivity index (χ4n) is 4.76. The van der Waals surface area contributed by atoms with Gasteiger partial charge in [0.2, 0.25) is 0 Å². The van der Waals surface area contributed by atoms with E-state index in [9.17, 15) is 27.2 Å². The van der Waals surface area contributed by atoms with Gasteiger partial charge in [-0.2, -0.15) is 0 Å². The molecule has 3 heterocycles. The standard InChI is InChI=1S/C27H26F4N6O2/c1-13(8-16-23(30)17(28)11-18(29)24(16)31)33-19-4-5-32-26(38)22(19)25-34-20-9-14-12-37(7-6-36(2)3)27(39)15(14)10-21(20)35-25/h4-5,9-11,13H,6-8,12H2,1-3H3,(H,34,35)(H2,32,33,38)/t13-/m1/s1. The zero-order valence-electron chi connectivity index (χ0n) is 21.5. The molecule has 0 bridgehead atoms. The van der Waals surface area contributed by atoms with Gasteiger partial charge in [-0.1, -0.05) is 0 Å². The minimum Gasteiger partial charge on any atom is -0.381 e. The van der Waals surface area contributed by atoms with Gasteiger partial charge in [0.05, 0.1) is 16.7 Å². The molecule has 3 N–H and O–H groups in total. The Balaban J connectivity index is 1.43. The molecule has 0 spiro atoms. The molecule has 1 aliphatic rings. The van der Waals surface area contributed by atoms with Gasteiger partial charge in [-0.3, -0.25) is 9.59 Å². The average molecular weight is 543 g/mol. The Labute approximate surface area is 220 Å². The molecular formula is C27H26F4N6O2. The quantitative estimate of drug-likeness (QED) is 0.231. The number of imidazole rings is 1. The van der Waals surface area contributed by atoms with E-state index < -0.39 is 46.9 Å². The fraction of sp³-hybridized carbons (Fsp3) is 0.296. The zero-order valence-corrected chi connectivity index (χ0v) is 21.5. The summed E-state index contributed by atoms with van der Waals surface area (Å²) in [7, 11) is 3.88. The van der Waals surface area contributed by atoms with E-state index in [2.05, 4.69) is 20.3 Å². The van der Waals surface area contributed by atoms with Gasteiger partial charge in [0.1, 0.15) is 11.4 Å².